The van der Waals surface area contributed by atoms with Gasteiger partial charge < -0.3 is 14.4 Å². The van der Waals surface area contributed by atoms with Gasteiger partial charge in [-0.2, -0.15) is 0 Å². The molecule has 1 aliphatic heterocycles. The first kappa shape index (κ1) is 18.1. The standard InChI is InChI=1S/C22H25NO3/c1-22(2,3)18-9-5-17(6-10-18)14-23(4)21(24)12-8-16-7-11-19-20(13-16)26-15-25-19/h5-13H,14-15H2,1-4H3/b12-8+. The third-order valence-corrected chi connectivity index (χ3v) is 4.43. The minimum absolute atomic E-state index is 0.0393. The van der Waals surface area contributed by atoms with E-state index in [1.165, 1.54) is 5.56 Å². The molecule has 0 unspecified atom stereocenters. The van der Waals surface area contributed by atoms with Crippen LogP contribution in [0.4, 0.5) is 0 Å². The van der Waals surface area contributed by atoms with Crippen molar-refractivity contribution in [3.63, 3.8) is 0 Å². The summed E-state index contributed by atoms with van der Waals surface area (Å²) in [5, 5.41) is 0. The van der Waals surface area contributed by atoms with Gasteiger partial charge in [-0.3, -0.25) is 4.79 Å². The lowest BCUT2D eigenvalue weighted by atomic mass is 9.87. The second-order valence-electron chi connectivity index (χ2n) is 7.59. The fraction of sp³-hybridized carbons (Fsp3) is 0.318. The van der Waals surface area contributed by atoms with E-state index in [0.717, 1.165) is 16.9 Å². The van der Waals surface area contributed by atoms with E-state index in [-0.39, 0.29) is 18.1 Å². The molecule has 0 aliphatic carbocycles. The summed E-state index contributed by atoms with van der Waals surface area (Å²) in [4.78, 5) is 14.1. The number of likely N-dealkylation sites (N-methyl/N-ethyl adjacent to an activating group) is 1. The predicted molar refractivity (Wildman–Crippen MR) is 103 cm³/mol. The van der Waals surface area contributed by atoms with Crippen LogP contribution in [0.1, 0.15) is 37.5 Å². The number of hydrogen-bond donors (Lipinski definition) is 0. The molecule has 0 fully saturated rings. The van der Waals surface area contributed by atoms with Gasteiger partial charge in [-0.25, -0.2) is 0 Å². The quantitative estimate of drug-likeness (QED) is 0.767. The molecule has 1 amide bonds. The van der Waals surface area contributed by atoms with Gasteiger partial charge in [0.25, 0.3) is 0 Å². The highest BCUT2D eigenvalue weighted by Crippen LogP contribution is 2.32. The lowest BCUT2D eigenvalue weighted by Gasteiger charge is -2.20. The molecule has 0 radical (unpaired) electrons. The average molecular weight is 351 g/mol. The molecule has 0 spiro atoms. The van der Waals surface area contributed by atoms with Crippen molar-refractivity contribution in [1.82, 2.24) is 4.90 Å². The third-order valence-electron chi connectivity index (χ3n) is 4.43. The number of amides is 1. The molecular weight excluding hydrogens is 326 g/mol. The average Bonchev–Trinajstić information content (AvgIpc) is 3.07. The number of ether oxygens (including phenoxy) is 2. The van der Waals surface area contributed by atoms with Crippen LogP contribution in [0.3, 0.4) is 0 Å². The van der Waals surface area contributed by atoms with Crippen LogP contribution in [-0.4, -0.2) is 24.6 Å². The van der Waals surface area contributed by atoms with E-state index in [1.807, 2.05) is 25.2 Å². The molecule has 1 aliphatic rings. The van der Waals surface area contributed by atoms with Crippen molar-refractivity contribution in [3.8, 4) is 11.5 Å². The van der Waals surface area contributed by atoms with Crippen molar-refractivity contribution in [2.75, 3.05) is 13.8 Å². The van der Waals surface area contributed by atoms with Crippen molar-refractivity contribution in [1.29, 1.82) is 0 Å². The highest BCUT2D eigenvalue weighted by atomic mass is 16.7. The van der Waals surface area contributed by atoms with Gasteiger partial charge in [0.2, 0.25) is 12.7 Å². The summed E-state index contributed by atoms with van der Waals surface area (Å²) >= 11 is 0. The second-order valence-corrected chi connectivity index (χ2v) is 7.59. The molecule has 136 valence electrons. The highest BCUT2D eigenvalue weighted by molar-refractivity contribution is 5.91. The summed E-state index contributed by atoms with van der Waals surface area (Å²) < 4.78 is 10.6. The Labute approximate surface area is 155 Å². The Bertz CT molecular complexity index is 816. The maximum atomic E-state index is 12.4. The maximum absolute atomic E-state index is 12.4. The van der Waals surface area contributed by atoms with Crippen LogP contribution in [0, 0.1) is 0 Å². The van der Waals surface area contributed by atoms with Gasteiger partial charge in [-0.05, 0) is 40.3 Å². The SMILES string of the molecule is CN(Cc1ccc(C(C)(C)C)cc1)C(=O)/C=C/c1ccc2c(c1)OCO2. The summed E-state index contributed by atoms with van der Waals surface area (Å²) in [6.45, 7) is 7.41. The largest absolute Gasteiger partial charge is 0.454 e. The molecule has 0 bridgehead atoms. The molecule has 0 atom stereocenters. The van der Waals surface area contributed by atoms with Crippen LogP contribution in [0.2, 0.25) is 0 Å². The van der Waals surface area contributed by atoms with Crippen molar-refractivity contribution in [3.05, 3.63) is 65.2 Å². The van der Waals surface area contributed by atoms with E-state index in [1.54, 1.807) is 17.1 Å². The fourth-order valence-electron chi connectivity index (χ4n) is 2.77. The topological polar surface area (TPSA) is 38.8 Å². The number of carbonyl (C=O) groups excluding carboxylic acids is 1. The zero-order valence-corrected chi connectivity index (χ0v) is 15.8. The first-order valence-corrected chi connectivity index (χ1v) is 8.75. The Balaban J connectivity index is 1.61. The molecule has 1 heterocycles. The molecule has 4 heteroatoms. The fourth-order valence-corrected chi connectivity index (χ4v) is 2.77. The van der Waals surface area contributed by atoms with Gasteiger partial charge in [0.1, 0.15) is 0 Å². The first-order valence-electron chi connectivity index (χ1n) is 8.75. The molecular formula is C22H25NO3. The summed E-state index contributed by atoms with van der Waals surface area (Å²) in [5.74, 6) is 1.42. The Morgan fingerprint density at radius 1 is 1.08 bits per heavy atom. The highest BCUT2D eigenvalue weighted by Gasteiger charge is 2.14. The zero-order chi connectivity index (χ0) is 18.7. The second kappa shape index (κ2) is 7.24. The van der Waals surface area contributed by atoms with Gasteiger partial charge in [-0.1, -0.05) is 51.1 Å². The molecule has 2 aromatic rings. The molecule has 3 rings (SSSR count). The predicted octanol–water partition coefficient (Wildman–Crippen LogP) is 4.38. The minimum atomic E-state index is -0.0393. The number of carbonyl (C=O) groups is 1. The third kappa shape index (κ3) is 4.26. The lowest BCUT2D eigenvalue weighted by Crippen LogP contribution is -2.24. The number of benzene rings is 2. The van der Waals surface area contributed by atoms with Crippen molar-refractivity contribution in [2.24, 2.45) is 0 Å². The number of hydrogen-bond acceptors (Lipinski definition) is 3. The van der Waals surface area contributed by atoms with E-state index >= 15 is 0 Å². The normalized spacial score (nSPS) is 13.2. The smallest absolute Gasteiger partial charge is 0.246 e. The number of fused-ring (bicyclic) bond motifs is 1. The van der Waals surface area contributed by atoms with Gasteiger partial charge >= 0.3 is 0 Å². The lowest BCUT2D eigenvalue weighted by molar-refractivity contribution is -0.125. The number of rotatable bonds is 4. The van der Waals surface area contributed by atoms with Crippen LogP contribution < -0.4 is 9.47 Å². The molecule has 26 heavy (non-hydrogen) atoms. The van der Waals surface area contributed by atoms with Gasteiger partial charge in [-0.15, -0.1) is 0 Å². The molecule has 0 saturated heterocycles. The molecule has 4 nitrogen and oxygen atoms in total. The Hall–Kier alpha value is -2.75. The van der Waals surface area contributed by atoms with Crippen LogP contribution >= 0.6 is 0 Å². The molecule has 2 aromatic carbocycles. The van der Waals surface area contributed by atoms with Crippen LogP contribution in [0.25, 0.3) is 6.08 Å². The monoisotopic (exact) mass is 351 g/mol. The zero-order valence-electron chi connectivity index (χ0n) is 15.8. The Kier molecular flexibility index (Phi) is 5.03. The summed E-state index contributed by atoms with van der Waals surface area (Å²) in [5.41, 5.74) is 3.45. The van der Waals surface area contributed by atoms with Crippen molar-refractivity contribution in [2.45, 2.75) is 32.7 Å². The van der Waals surface area contributed by atoms with E-state index in [9.17, 15) is 4.79 Å². The molecule has 0 N–H and O–H groups in total. The van der Waals surface area contributed by atoms with Crippen LogP contribution in [-0.2, 0) is 16.8 Å². The summed E-state index contributed by atoms with van der Waals surface area (Å²) in [6.07, 6.45) is 3.38. The van der Waals surface area contributed by atoms with Crippen molar-refractivity contribution < 1.29 is 14.3 Å². The van der Waals surface area contributed by atoms with Gasteiger partial charge in [0.05, 0.1) is 0 Å². The van der Waals surface area contributed by atoms with Gasteiger partial charge in [0, 0.05) is 19.7 Å². The maximum Gasteiger partial charge on any atom is 0.246 e. The summed E-state index contributed by atoms with van der Waals surface area (Å²) in [6, 6.07) is 14.1. The van der Waals surface area contributed by atoms with Crippen LogP contribution in [0.5, 0.6) is 11.5 Å². The van der Waals surface area contributed by atoms with E-state index in [4.69, 9.17) is 9.47 Å². The minimum Gasteiger partial charge on any atom is -0.454 e. The first-order chi connectivity index (χ1) is 12.3. The molecule has 0 aromatic heterocycles. The van der Waals surface area contributed by atoms with Crippen molar-refractivity contribution >= 4 is 12.0 Å². The van der Waals surface area contributed by atoms with Crippen LogP contribution in [0.15, 0.2) is 48.5 Å². The number of nitrogens with zero attached hydrogens (tertiary/aromatic N) is 1. The van der Waals surface area contributed by atoms with E-state index < -0.39 is 0 Å². The Morgan fingerprint density at radius 2 is 1.77 bits per heavy atom. The van der Waals surface area contributed by atoms with E-state index in [2.05, 4.69) is 45.0 Å². The van der Waals surface area contributed by atoms with Gasteiger partial charge in [0.15, 0.2) is 11.5 Å². The summed E-state index contributed by atoms with van der Waals surface area (Å²) in [7, 11) is 1.81. The van der Waals surface area contributed by atoms with E-state index in [0.29, 0.717) is 12.3 Å². The molecule has 0 saturated carbocycles. The Morgan fingerprint density at radius 3 is 2.46 bits per heavy atom.